The normalized spacial score (nSPS) is 13.2. The molecule has 0 amide bonds. The number of hydrazine groups is 1. The largest absolute Gasteiger partial charge is 0.271 e. The first-order valence-electron chi connectivity index (χ1n) is 6.11. The minimum absolute atomic E-state index is 0.252. The third-order valence-corrected chi connectivity index (χ3v) is 3.69. The molecule has 0 saturated carbocycles. The zero-order chi connectivity index (χ0) is 12.7. The summed E-state index contributed by atoms with van der Waals surface area (Å²) in [4.78, 5) is 4.30. The second-order valence-corrected chi connectivity index (χ2v) is 5.96. The maximum absolute atomic E-state index is 5.58. The van der Waals surface area contributed by atoms with E-state index in [2.05, 4.69) is 36.3 Å². The van der Waals surface area contributed by atoms with Crippen LogP contribution >= 0.6 is 11.8 Å². The fourth-order valence-corrected chi connectivity index (χ4v) is 2.37. The van der Waals surface area contributed by atoms with Crippen LogP contribution in [0.15, 0.2) is 6.33 Å². The molecule has 0 radical (unpaired) electrons. The minimum Gasteiger partial charge on any atom is -0.271 e. The minimum atomic E-state index is 0.252. The highest BCUT2D eigenvalue weighted by Crippen LogP contribution is 2.12. The molecular formula is C11H23N5S. The van der Waals surface area contributed by atoms with Crippen molar-refractivity contribution in [2.75, 3.05) is 5.75 Å². The van der Waals surface area contributed by atoms with Crippen LogP contribution < -0.4 is 11.3 Å². The van der Waals surface area contributed by atoms with E-state index in [9.17, 15) is 0 Å². The quantitative estimate of drug-likeness (QED) is 0.541. The van der Waals surface area contributed by atoms with E-state index < -0.39 is 0 Å². The van der Waals surface area contributed by atoms with Crippen molar-refractivity contribution in [3.05, 3.63) is 12.2 Å². The van der Waals surface area contributed by atoms with Crippen LogP contribution in [0.2, 0.25) is 0 Å². The number of aromatic nitrogens is 3. The van der Waals surface area contributed by atoms with E-state index >= 15 is 0 Å². The topological polar surface area (TPSA) is 68.8 Å². The van der Waals surface area contributed by atoms with Crippen molar-refractivity contribution in [2.45, 2.75) is 51.4 Å². The van der Waals surface area contributed by atoms with Gasteiger partial charge < -0.3 is 0 Å². The Morgan fingerprint density at radius 1 is 1.53 bits per heavy atom. The average molecular weight is 257 g/mol. The van der Waals surface area contributed by atoms with Gasteiger partial charge >= 0.3 is 0 Å². The Balaban J connectivity index is 2.51. The van der Waals surface area contributed by atoms with Gasteiger partial charge in [0.1, 0.15) is 12.2 Å². The molecular weight excluding hydrogens is 234 g/mol. The highest BCUT2D eigenvalue weighted by molar-refractivity contribution is 7.99. The maximum atomic E-state index is 5.58. The Bertz CT molecular complexity index is 313. The Hall–Kier alpha value is -0.590. The van der Waals surface area contributed by atoms with Crippen LogP contribution in [0.25, 0.3) is 0 Å². The van der Waals surface area contributed by atoms with Crippen molar-refractivity contribution in [1.29, 1.82) is 0 Å². The molecule has 17 heavy (non-hydrogen) atoms. The number of aryl methyl sites for hydroxylation is 1. The van der Waals surface area contributed by atoms with Gasteiger partial charge in [-0.3, -0.25) is 16.0 Å². The third kappa shape index (κ3) is 5.06. The first kappa shape index (κ1) is 14.5. The molecule has 0 aliphatic carbocycles. The molecule has 1 atom stereocenters. The van der Waals surface area contributed by atoms with Crippen LogP contribution in [-0.2, 0) is 13.0 Å². The predicted octanol–water partition coefficient (Wildman–Crippen LogP) is 1.20. The standard InChI is InChI=1S/C11H23N5S/c1-4-5-16-11(13-8-14-16)6-10(15-12)7-17-9(2)3/h8-10,15H,4-7,12H2,1-3H3. The molecule has 1 heterocycles. The van der Waals surface area contributed by atoms with Gasteiger partial charge in [-0.1, -0.05) is 20.8 Å². The smallest absolute Gasteiger partial charge is 0.138 e. The lowest BCUT2D eigenvalue weighted by Crippen LogP contribution is -2.39. The Morgan fingerprint density at radius 2 is 2.29 bits per heavy atom. The van der Waals surface area contributed by atoms with Crippen LogP contribution in [0.5, 0.6) is 0 Å². The second kappa shape index (κ2) is 7.68. The maximum Gasteiger partial charge on any atom is 0.138 e. The van der Waals surface area contributed by atoms with Gasteiger partial charge in [0.15, 0.2) is 0 Å². The molecule has 0 saturated heterocycles. The average Bonchev–Trinajstić information content (AvgIpc) is 2.72. The van der Waals surface area contributed by atoms with Gasteiger partial charge in [-0.15, -0.1) is 0 Å². The highest BCUT2D eigenvalue weighted by atomic mass is 32.2. The number of nitrogens with one attached hydrogen (secondary N) is 1. The van der Waals surface area contributed by atoms with Gasteiger partial charge in [0, 0.05) is 24.8 Å². The van der Waals surface area contributed by atoms with E-state index in [1.807, 2.05) is 16.4 Å². The summed E-state index contributed by atoms with van der Waals surface area (Å²) >= 11 is 1.91. The van der Waals surface area contributed by atoms with Crippen molar-refractivity contribution < 1.29 is 0 Å². The number of hydrogen-bond acceptors (Lipinski definition) is 5. The van der Waals surface area contributed by atoms with Crippen molar-refractivity contribution in [1.82, 2.24) is 20.2 Å². The van der Waals surface area contributed by atoms with E-state index in [0.717, 1.165) is 31.0 Å². The van der Waals surface area contributed by atoms with E-state index in [0.29, 0.717) is 5.25 Å². The summed E-state index contributed by atoms with van der Waals surface area (Å²) in [7, 11) is 0. The molecule has 0 aromatic carbocycles. The van der Waals surface area contributed by atoms with Crippen LogP contribution in [0.4, 0.5) is 0 Å². The SMILES string of the molecule is CCCn1ncnc1CC(CSC(C)C)NN. The van der Waals surface area contributed by atoms with Gasteiger partial charge in [-0.2, -0.15) is 16.9 Å². The van der Waals surface area contributed by atoms with E-state index in [4.69, 9.17) is 5.84 Å². The van der Waals surface area contributed by atoms with Crippen molar-refractivity contribution in [3.8, 4) is 0 Å². The lowest BCUT2D eigenvalue weighted by Gasteiger charge is -2.16. The van der Waals surface area contributed by atoms with Crippen LogP contribution in [0.1, 0.15) is 33.0 Å². The third-order valence-electron chi connectivity index (χ3n) is 2.43. The molecule has 5 nitrogen and oxygen atoms in total. The first-order chi connectivity index (χ1) is 8.17. The predicted molar refractivity (Wildman–Crippen MR) is 72.7 cm³/mol. The molecule has 1 aromatic heterocycles. The molecule has 0 aliphatic rings. The molecule has 1 aromatic rings. The highest BCUT2D eigenvalue weighted by Gasteiger charge is 2.13. The Labute approximate surface area is 108 Å². The molecule has 0 aliphatic heterocycles. The molecule has 0 fully saturated rings. The number of nitrogens with zero attached hydrogens (tertiary/aromatic N) is 3. The van der Waals surface area contributed by atoms with Gasteiger partial charge in [-0.25, -0.2) is 4.98 Å². The summed E-state index contributed by atoms with van der Waals surface area (Å²) in [5.41, 5.74) is 2.86. The van der Waals surface area contributed by atoms with E-state index in [-0.39, 0.29) is 6.04 Å². The fraction of sp³-hybridized carbons (Fsp3) is 0.818. The molecule has 0 bridgehead atoms. The van der Waals surface area contributed by atoms with Gasteiger partial charge in [0.2, 0.25) is 0 Å². The van der Waals surface area contributed by atoms with E-state index in [1.54, 1.807) is 6.33 Å². The zero-order valence-corrected chi connectivity index (χ0v) is 11.7. The van der Waals surface area contributed by atoms with Crippen LogP contribution in [-0.4, -0.2) is 31.8 Å². The number of rotatable bonds is 8. The number of hydrogen-bond donors (Lipinski definition) is 2. The lowest BCUT2D eigenvalue weighted by atomic mass is 10.2. The summed E-state index contributed by atoms with van der Waals surface area (Å²) in [5.74, 6) is 7.59. The van der Waals surface area contributed by atoms with Gasteiger partial charge in [0.25, 0.3) is 0 Å². The Morgan fingerprint density at radius 3 is 2.88 bits per heavy atom. The van der Waals surface area contributed by atoms with Crippen LogP contribution in [0.3, 0.4) is 0 Å². The molecule has 6 heteroatoms. The van der Waals surface area contributed by atoms with Gasteiger partial charge in [-0.05, 0) is 11.7 Å². The van der Waals surface area contributed by atoms with Crippen molar-refractivity contribution in [3.63, 3.8) is 0 Å². The molecule has 1 unspecified atom stereocenters. The van der Waals surface area contributed by atoms with Gasteiger partial charge in [0.05, 0.1) is 0 Å². The summed E-state index contributed by atoms with van der Waals surface area (Å²) in [6.45, 7) is 7.44. The molecule has 98 valence electrons. The fourth-order valence-electron chi connectivity index (χ4n) is 1.54. The summed E-state index contributed by atoms with van der Waals surface area (Å²) in [6, 6.07) is 0.252. The van der Waals surface area contributed by atoms with E-state index in [1.165, 1.54) is 0 Å². The molecule has 3 N–H and O–H groups in total. The summed E-state index contributed by atoms with van der Waals surface area (Å²) in [6.07, 6.45) is 3.52. The summed E-state index contributed by atoms with van der Waals surface area (Å²) in [5, 5.41) is 4.84. The molecule has 0 spiro atoms. The molecule has 1 rings (SSSR count). The zero-order valence-electron chi connectivity index (χ0n) is 10.9. The second-order valence-electron chi connectivity index (χ2n) is 4.35. The number of thioether (sulfide) groups is 1. The Kier molecular flexibility index (Phi) is 6.54. The monoisotopic (exact) mass is 257 g/mol. The summed E-state index contributed by atoms with van der Waals surface area (Å²) < 4.78 is 1.96. The number of nitrogens with two attached hydrogens (primary N) is 1. The van der Waals surface area contributed by atoms with Crippen LogP contribution in [0, 0.1) is 0 Å². The van der Waals surface area contributed by atoms with Crippen molar-refractivity contribution >= 4 is 11.8 Å². The first-order valence-corrected chi connectivity index (χ1v) is 7.16. The lowest BCUT2D eigenvalue weighted by molar-refractivity contribution is 0.513. The van der Waals surface area contributed by atoms with Crippen molar-refractivity contribution in [2.24, 2.45) is 5.84 Å².